The second-order valence-electron chi connectivity index (χ2n) is 4.51. The maximum absolute atomic E-state index is 11.8. The van der Waals surface area contributed by atoms with E-state index < -0.39 is 4.92 Å². The van der Waals surface area contributed by atoms with Crippen molar-refractivity contribution >= 4 is 38.9 Å². The largest absolute Gasteiger partial charge is 0.379 e. The number of benzene rings is 2. The number of para-hydroxylation sites is 2. The average Bonchev–Trinajstić information content (AvgIpc) is 2.50. The fourth-order valence-electron chi connectivity index (χ4n) is 1.85. The van der Waals surface area contributed by atoms with Gasteiger partial charge in [-0.25, -0.2) is 0 Å². The van der Waals surface area contributed by atoms with Crippen LogP contribution in [-0.4, -0.2) is 17.4 Å². The highest BCUT2D eigenvalue weighted by molar-refractivity contribution is 9.10. The number of nitrogens with zero attached hydrogens (tertiary/aromatic N) is 1. The maximum Gasteiger partial charge on any atom is 0.292 e. The van der Waals surface area contributed by atoms with E-state index in [4.69, 9.17) is 0 Å². The minimum Gasteiger partial charge on any atom is -0.379 e. The van der Waals surface area contributed by atoms with Crippen molar-refractivity contribution in [2.24, 2.45) is 0 Å². The van der Waals surface area contributed by atoms with Crippen LogP contribution in [0.2, 0.25) is 0 Å². The van der Waals surface area contributed by atoms with Crippen molar-refractivity contribution in [3.05, 3.63) is 63.1 Å². The van der Waals surface area contributed by atoms with Crippen LogP contribution in [0.1, 0.15) is 6.42 Å². The zero-order valence-corrected chi connectivity index (χ0v) is 13.2. The highest BCUT2D eigenvalue weighted by atomic mass is 79.9. The molecule has 0 aliphatic heterocycles. The summed E-state index contributed by atoms with van der Waals surface area (Å²) in [7, 11) is 0. The van der Waals surface area contributed by atoms with Crippen molar-refractivity contribution in [2.75, 3.05) is 17.2 Å². The van der Waals surface area contributed by atoms with Crippen molar-refractivity contribution < 1.29 is 9.72 Å². The van der Waals surface area contributed by atoms with Gasteiger partial charge in [0.1, 0.15) is 5.69 Å². The molecule has 6 nitrogen and oxygen atoms in total. The Hall–Kier alpha value is -2.41. The molecule has 0 fully saturated rings. The standard InChI is InChI=1S/C15H14BrN3O3/c16-11-5-7-12(8-6-11)18-15(20)9-10-17-13-3-1-2-4-14(13)19(21)22/h1-8,17H,9-10H2,(H,18,20). The number of carbonyl (C=O) groups is 1. The van der Waals surface area contributed by atoms with Crippen LogP contribution in [0.4, 0.5) is 17.1 Å². The molecule has 2 aromatic rings. The molecule has 0 aromatic heterocycles. The molecule has 0 radical (unpaired) electrons. The molecule has 1 amide bonds. The van der Waals surface area contributed by atoms with Gasteiger partial charge in [0.2, 0.25) is 5.91 Å². The average molecular weight is 364 g/mol. The zero-order chi connectivity index (χ0) is 15.9. The molecule has 114 valence electrons. The molecule has 2 aromatic carbocycles. The van der Waals surface area contributed by atoms with Gasteiger partial charge >= 0.3 is 0 Å². The summed E-state index contributed by atoms with van der Waals surface area (Å²) in [6, 6.07) is 13.6. The third-order valence-electron chi connectivity index (χ3n) is 2.90. The maximum atomic E-state index is 11.8. The van der Waals surface area contributed by atoms with Gasteiger partial charge in [0, 0.05) is 29.2 Å². The summed E-state index contributed by atoms with van der Waals surface area (Å²) in [6.45, 7) is 0.313. The number of hydrogen-bond acceptors (Lipinski definition) is 4. The molecule has 0 bridgehead atoms. The lowest BCUT2D eigenvalue weighted by Crippen LogP contribution is -2.16. The van der Waals surface area contributed by atoms with Crippen LogP contribution in [0.5, 0.6) is 0 Å². The summed E-state index contributed by atoms with van der Waals surface area (Å²) >= 11 is 3.32. The number of rotatable bonds is 6. The fraction of sp³-hybridized carbons (Fsp3) is 0.133. The summed E-state index contributed by atoms with van der Waals surface area (Å²) in [6.07, 6.45) is 0.210. The number of nitro groups is 1. The van der Waals surface area contributed by atoms with E-state index in [1.165, 1.54) is 6.07 Å². The Morgan fingerprint density at radius 3 is 2.50 bits per heavy atom. The lowest BCUT2D eigenvalue weighted by Gasteiger charge is -2.08. The first-order chi connectivity index (χ1) is 10.6. The summed E-state index contributed by atoms with van der Waals surface area (Å²) in [5.41, 5.74) is 1.11. The Labute approximate surface area is 135 Å². The predicted molar refractivity (Wildman–Crippen MR) is 89.0 cm³/mol. The van der Waals surface area contributed by atoms with Gasteiger partial charge in [0.25, 0.3) is 5.69 Å². The third kappa shape index (κ3) is 4.56. The summed E-state index contributed by atoms with van der Waals surface area (Å²) < 4.78 is 0.934. The smallest absolute Gasteiger partial charge is 0.292 e. The second kappa shape index (κ2) is 7.56. The van der Waals surface area contributed by atoms with Crippen molar-refractivity contribution in [1.82, 2.24) is 0 Å². The summed E-state index contributed by atoms with van der Waals surface area (Å²) in [4.78, 5) is 22.2. The van der Waals surface area contributed by atoms with E-state index in [1.54, 1.807) is 30.3 Å². The molecule has 7 heteroatoms. The lowest BCUT2D eigenvalue weighted by molar-refractivity contribution is -0.384. The number of anilines is 2. The molecule has 0 heterocycles. The summed E-state index contributed by atoms with van der Waals surface area (Å²) in [5, 5.41) is 16.5. The normalized spacial score (nSPS) is 10.0. The highest BCUT2D eigenvalue weighted by Crippen LogP contribution is 2.23. The molecular weight excluding hydrogens is 350 g/mol. The molecule has 2 rings (SSSR count). The van der Waals surface area contributed by atoms with Gasteiger partial charge in [-0.05, 0) is 30.3 Å². The second-order valence-corrected chi connectivity index (χ2v) is 5.42. The first-order valence-corrected chi connectivity index (χ1v) is 7.38. The molecule has 0 saturated carbocycles. The Morgan fingerprint density at radius 1 is 1.14 bits per heavy atom. The molecule has 22 heavy (non-hydrogen) atoms. The van der Waals surface area contributed by atoms with Gasteiger partial charge in [-0.2, -0.15) is 0 Å². The number of amides is 1. The molecule has 0 saturated heterocycles. The lowest BCUT2D eigenvalue weighted by atomic mass is 10.2. The Morgan fingerprint density at radius 2 is 1.82 bits per heavy atom. The van der Waals surface area contributed by atoms with E-state index in [9.17, 15) is 14.9 Å². The van der Waals surface area contributed by atoms with E-state index in [2.05, 4.69) is 26.6 Å². The van der Waals surface area contributed by atoms with Crippen molar-refractivity contribution in [1.29, 1.82) is 0 Å². The highest BCUT2D eigenvalue weighted by Gasteiger charge is 2.12. The Kier molecular flexibility index (Phi) is 5.48. The van der Waals surface area contributed by atoms with Crippen LogP contribution in [0.25, 0.3) is 0 Å². The van der Waals surface area contributed by atoms with Gasteiger partial charge in [0.15, 0.2) is 0 Å². The first-order valence-electron chi connectivity index (χ1n) is 6.59. The molecule has 2 N–H and O–H groups in total. The van der Waals surface area contributed by atoms with Gasteiger partial charge < -0.3 is 10.6 Å². The van der Waals surface area contributed by atoms with Gasteiger partial charge in [-0.3, -0.25) is 14.9 Å². The topological polar surface area (TPSA) is 84.3 Å². The number of carbonyl (C=O) groups excluding carboxylic acids is 1. The molecule has 0 aliphatic carbocycles. The van der Waals surface area contributed by atoms with Gasteiger partial charge in [-0.15, -0.1) is 0 Å². The third-order valence-corrected chi connectivity index (χ3v) is 3.42. The molecule has 0 aliphatic rings. The van der Waals surface area contributed by atoms with E-state index >= 15 is 0 Å². The zero-order valence-electron chi connectivity index (χ0n) is 11.6. The monoisotopic (exact) mass is 363 g/mol. The molecular formula is C15H14BrN3O3. The molecule has 0 atom stereocenters. The molecule has 0 unspecified atom stereocenters. The number of hydrogen-bond donors (Lipinski definition) is 2. The van der Waals surface area contributed by atoms with Crippen LogP contribution in [0.15, 0.2) is 53.0 Å². The van der Waals surface area contributed by atoms with Crippen molar-refractivity contribution in [3.8, 4) is 0 Å². The van der Waals surface area contributed by atoms with Crippen LogP contribution >= 0.6 is 15.9 Å². The Balaban J connectivity index is 1.85. The van der Waals surface area contributed by atoms with Gasteiger partial charge in [0.05, 0.1) is 4.92 Å². The van der Waals surface area contributed by atoms with Gasteiger partial charge in [-0.1, -0.05) is 28.1 Å². The van der Waals surface area contributed by atoms with Crippen LogP contribution in [-0.2, 0) is 4.79 Å². The van der Waals surface area contributed by atoms with E-state index in [1.807, 2.05) is 12.1 Å². The fourth-order valence-corrected chi connectivity index (χ4v) is 2.11. The quantitative estimate of drug-likeness (QED) is 0.603. The Bertz CT molecular complexity index is 674. The number of nitrogens with one attached hydrogen (secondary N) is 2. The van der Waals surface area contributed by atoms with Crippen LogP contribution in [0.3, 0.4) is 0 Å². The summed E-state index contributed by atoms with van der Waals surface area (Å²) in [5.74, 6) is -0.159. The first kappa shape index (κ1) is 16.0. The predicted octanol–water partition coefficient (Wildman–Crippen LogP) is 3.80. The molecule has 0 spiro atoms. The number of nitro benzene ring substituents is 1. The van der Waals surface area contributed by atoms with Crippen molar-refractivity contribution in [3.63, 3.8) is 0 Å². The van der Waals surface area contributed by atoms with Crippen molar-refractivity contribution in [2.45, 2.75) is 6.42 Å². The van der Waals surface area contributed by atoms with E-state index in [-0.39, 0.29) is 18.0 Å². The van der Waals surface area contributed by atoms with E-state index in [0.29, 0.717) is 17.9 Å². The minimum atomic E-state index is -0.454. The number of halogens is 1. The SMILES string of the molecule is O=C(CCNc1ccccc1[N+](=O)[O-])Nc1ccc(Br)cc1. The minimum absolute atomic E-state index is 0.00387. The van der Waals surface area contributed by atoms with E-state index in [0.717, 1.165) is 4.47 Å². The van der Waals surface area contributed by atoms with Crippen LogP contribution < -0.4 is 10.6 Å². The van der Waals surface area contributed by atoms with Crippen LogP contribution in [0, 0.1) is 10.1 Å².